The highest BCUT2D eigenvalue weighted by Gasteiger charge is 2.49. The van der Waals surface area contributed by atoms with Crippen LogP contribution < -0.4 is 5.32 Å². The topological polar surface area (TPSA) is 99.2 Å². The van der Waals surface area contributed by atoms with Gasteiger partial charge in [-0.3, -0.25) is 10.1 Å². The molecule has 0 aliphatic rings. The molecule has 1 atom stereocenters. The summed E-state index contributed by atoms with van der Waals surface area (Å²) in [4.78, 5) is 9.82. The van der Waals surface area contributed by atoms with Crippen molar-refractivity contribution in [2.75, 3.05) is 11.9 Å². The van der Waals surface area contributed by atoms with Gasteiger partial charge in [-0.05, 0) is 19.1 Å². The lowest BCUT2D eigenvalue weighted by Gasteiger charge is -2.26. The number of alkyl halides is 3. The largest absolute Gasteiger partial charge is 0.418 e. The minimum Gasteiger partial charge on any atom is -0.382 e. The Labute approximate surface area is 111 Å². The Hall–Kier alpha value is -2.34. The molecule has 0 fully saturated rings. The molecule has 0 aromatic heterocycles. The Morgan fingerprint density at radius 2 is 2.10 bits per heavy atom. The van der Waals surface area contributed by atoms with Crippen molar-refractivity contribution >= 4 is 11.4 Å². The first kappa shape index (κ1) is 15.7. The number of benzene rings is 1. The first-order chi connectivity index (χ1) is 9.08. The highest BCUT2D eigenvalue weighted by atomic mass is 19.4. The SMILES string of the molecule is C[C@@](O)(CNc1ccc([N+](=O)[O-])c(C#N)c1)C(F)(F)F. The van der Waals surface area contributed by atoms with Crippen molar-refractivity contribution in [3.8, 4) is 6.07 Å². The molecule has 1 aromatic carbocycles. The van der Waals surface area contributed by atoms with E-state index in [1.54, 1.807) is 6.07 Å². The van der Waals surface area contributed by atoms with Gasteiger partial charge in [0.15, 0.2) is 5.60 Å². The van der Waals surface area contributed by atoms with Crippen LogP contribution in [0, 0.1) is 21.4 Å². The molecule has 0 amide bonds. The van der Waals surface area contributed by atoms with Crippen LogP contribution in [0.25, 0.3) is 0 Å². The Morgan fingerprint density at radius 1 is 1.50 bits per heavy atom. The molecule has 0 aliphatic heterocycles. The number of nitro groups is 1. The lowest BCUT2D eigenvalue weighted by molar-refractivity contribution is -0.385. The van der Waals surface area contributed by atoms with Crippen molar-refractivity contribution in [3.05, 3.63) is 33.9 Å². The zero-order chi connectivity index (χ0) is 15.6. The second-order valence-corrected chi connectivity index (χ2v) is 4.23. The fourth-order valence-electron chi connectivity index (χ4n) is 1.27. The summed E-state index contributed by atoms with van der Waals surface area (Å²) in [6.07, 6.45) is -4.82. The number of halogens is 3. The summed E-state index contributed by atoms with van der Waals surface area (Å²) in [5.41, 5.74) is -3.62. The number of nitrogens with one attached hydrogen (secondary N) is 1. The maximum absolute atomic E-state index is 12.4. The zero-order valence-corrected chi connectivity index (χ0v) is 10.2. The van der Waals surface area contributed by atoms with Crippen LogP contribution in [0.4, 0.5) is 24.5 Å². The molecular formula is C11H10F3N3O3. The van der Waals surface area contributed by atoms with E-state index in [0.717, 1.165) is 18.2 Å². The van der Waals surface area contributed by atoms with Crippen molar-refractivity contribution < 1.29 is 23.2 Å². The van der Waals surface area contributed by atoms with E-state index >= 15 is 0 Å². The molecule has 0 unspecified atom stereocenters. The van der Waals surface area contributed by atoms with Crippen LogP contribution in [0.3, 0.4) is 0 Å². The van der Waals surface area contributed by atoms with Crippen LogP contribution in [-0.4, -0.2) is 28.4 Å². The minimum atomic E-state index is -4.82. The molecule has 1 aromatic rings. The van der Waals surface area contributed by atoms with Gasteiger partial charge in [-0.2, -0.15) is 18.4 Å². The third-order valence-corrected chi connectivity index (χ3v) is 2.56. The van der Waals surface area contributed by atoms with Gasteiger partial charge in [-0.15, -0.1) is 0 Å². The standard InChI is InChI=1S/C11H10F3N3O3/c1-10(18,11(12,13)14)6-16-8-2-3-9(17(19)20)7(4-8)5-15/h2-4,16,18H,6H2,1H3/t10-/m1/s1. The summed E-state index contributed by atoms with van der Waals surface area (Å²) in [7, 11) is 0. The van der Waals surface area contributed by atoms with Gasteiger partial charge in [0, 0.05) is 11.8 Å². The molecule has 0 aliphatic carbocycles. The van der Waals surface area contributed by atoms with Gasteiger partial charge in [0.2, 0.25) is 0 Å². The molecule has 2 N–H and O–H groups in total. The van der Waals surface area contributed by atoms with Crippen LogP contribution in [0.5, 0.6) is 0 Å². The third kappa shape index (κ3) is 3.36. The van der Waals surface area contributed by atoms with Crippen molar-refractivity contribution in [1.82, 2.24) is 0 Å². The molecule has 0 spiro atoms. The van der Waals surface area contributed by atoms with E-state index < -0.39 is 28.9 Å². The molecule has 20 heavy (non-hydrogen) atoms. The number of rotatable bonds is 4. The Morgan fingerprint density at radius 3 is 2.55 bits per heavy atom. The number of nitriles is 1. The van der Waals surface area contributed by atoms with Crippen molar-refractivity contribution in [2.45, 2.75) is 18.7 Å². The lowest BCUT2D eigenvalue weighted by Crippen LogP contribution is -2.47. The summed E-state index contributed by atoms with van der Waals surface area (Å²) in [6, 6.07) is 4.79. The number of hydrogen-bond donors (Lipinski definition) is 2. The second-order valence-electron chi connectivity index (χ2n) is 4.23. The molecule has 108 valence electrons. The molecular weight excluding hydrogens is 279 g/mol. The van der Waals surface area contributed by atoms with E-state index in [9.17, 15) is 28.4 Å². The zero-order valence-electron chi connectivity index (χ0n) is 10.2. The van der Waals surface area contributed by atoms with E-state index in [1.807, 2.05) is 0 Å². The summed E-state index contributed by atoms with van der Waals surface area (Å²) in [5, 5.41) is 30.8. The first-order valence-electron chi connectivity index (χ1n) is 5.30. The molecule has 0 radical (unpaired) electrons. The van der Waals surface area contributed by atoms with E-state index in [-0.39, 0.29) is 11.3 Å². The van der Waals surface area contributed by atoms with Crippen LogP contribution in [0.15, 0.2) is 18.2 Å². The first-order valence-corrected chi connectivity index (χ1v) is 5.30. The lowest BCUT2D eigenvalue weighted by atomic mass is 10.1. The Balaban J connectivity index is 2.91. The molecule has 0 saturated heterocycles. The fourth-order valence-corrected chi connectivity index (χ4v) is 1.27. The van der Waals surface area contributed by atoms with E-state index in [4.69, 9.17) is 5.26 Å². The van der Waals surface area contributed by atoms with Gasteiger partial charge in [0.25, 0.3) is 5.69 Å². The van der Waals surface area contributed by atoms with E-state index in [2.05, 4.69) is 5.32 Å². The number of hydrogen-bond acceptors (Lipinski definition) is 5. The van der Waals surface area contributed by atoms with Crippen LogP contribution in [-0.2, 0) is 0 Å². The molecule has 1 rings (SSSR count). The summed E-state index contributed by atoms with van der Waals surface area (Å²) >= 11 is 0. The summed E-state index contributed by atoms with van der Waals surface area (Å²) in [5.74, 6) is 0. The maximum Gasteiger partial charge on any atom is 0.418 e. The normalized spacial score (nSPS) is 14.2. The second kappa shape index (κ2) is 5.34. The van der Waals surface area contributed by atoms with Gasteiger partial charge >= 0.3 is 6.18 Å². The van der Waals surface area contributed by atoms with Crippen LogP contribution in [0.1, 0.15) is 12.5 Å². The number of nitrogens with zero attached hydrogens (tertiary/aromatic N) is 2. The average molecular weight is 289 g/mol. The van der Waals surface area contributed by atoms with Crippen molar-refractivity contribution in [1.29, 1.82) is 5.26 Å². The number of anilines is 1. The molecule has 0 saturated carbocycles. The van der Waals surface area contributed by atoms with Gasteiger partial charge in [0.1, 0.15) is 11.6 Å². The average Bonchev–Trinajstić information content (AvgIpc) is 2.34. The number of nitro benzene ring substituents is 1. The summed E-state index contributed by atoms with van der Waals surface area (Å²) < 4.78 is 37.3. The maximum atomic E-state index is 12.4. The molecule has 9 heteroatoms. The Bertz CT molecular complexity index is 564. The van der Waals surface area contributed by atoms with Gasteiger partial charge in [0.05, 0.1) is 11.5 Å². The van der Waals surface area contributed by atoms with Crippen molar-refractivity contribution in [2.24, 2.45) is 0 Å². The van der Waals surface area contributed by atoms with Gasteiger partial charge in [-0.25, -0.2) is 0 Å². The summed E-state index contributed by atoms with van der Waals surface area (Å²) in [6.45, 7) is -0.254. The Kier molecular flexibility index (Phi) is 4.20. The highest BCUT2D eigenvalue weighted by molar-refractivity contribution is 5.58. The predicted octanol–water partition coefficient (Wildman–Crippen LogP) is 2.19. The van der Waals surface area contributed by atoms with Gasteiger partial charge < -0.3 is 10.4 Å². The van der Waals surface area contributed by atoms with Crippen LogP contribution >= 0.6 is 0 Å². The van der Waals surface area contributed by atoms with E-state index in [1.165, 1.54) is 0 Å². The van der Waals surface area contributed by atoms with E-state index in [0.29, 0.717) is 6.92 Å². The molecule has 6 nitrogen and oxygen atoms in total. The van der Waals surface area contributed by atoms with Crippen molar-refractivity contribution in [3.63, 3.8) is 0 Å². The van der Waals surface area contributed by atoms with Gasteiger partial charge in [-0.1, -0.05) is 0 Å². The molecule has 0 heterocycles. The fraction of sp³-hybridized carbons (Fsp3) is 0.364. The highest BCUT2D eigenvalue weighted by Crippen LogP contribution is 2.30. The third-order valence-electron chi connectivity index (χ3n) is 2.56. The minimum absolute atomic E-state index is 0.0664. The smallest absolute Gasteiger partial charge is 0.382 e. The molecule has 0 bridgehead atoms. The predicted molar refractivity (Wildman–Crippen MR) is 63.0 cm³/mol. The number of aliphatic hydroxyl groups is 1. The quantitative estimate of drug-likeness (QED) is 0.653. The van der Waals surface area contributed by atoms with Crippen LogP contribution in [0.2, 0.25) is 0 Å². The monoisotopic (exact) mass is 289 g/mol.